The first-order valence-corrected chi connectivity index (χ1v) is 10.9. The number of carbonyl (C=O) groups is 1. The number of aromatic amines is 1. The van der Waals surface area contributed by atoms with Crippen LogP contribution in [0.4, 0.5) is 5.95 Å². The molecular weight excluding hydrogens is 380 g/mol. The molecular formula is C23H30N4O3. The van der Waals surface area contributed by atoms with Gasteiger partial charge in [-0.1, -0.05) is 12.1 Å². The zero-order chi connectivity index (χ0) is 20.9. The van der Waals surface area contributed by atoms with Gasteiger partial charge in [0.2, 0.25) is 11.9 Å². The van der Waals surface area contributed by atoms with Crippen LogP contribution >= 0.6 is 0 Å². The number of fused-ring (bicyclic) bond motifs is 1. The van der Waals surface area contributed by atoms with E-state index in [1.54, 1.807) is 7.11 Å². The second-order valence-corrected chi connectivity index (χ2v) is 8.19. The van der Waals surface area contributed by atoms with Gasteiger partial charge in [0, 0.05) is 31.1 Å². The monoisotopic (exact) mass is 410 g/mol. The minimum Gasteiger partial charge on any atom is -0.497 e. The van der Waals surface area contributed by atoms with Gasteiger partial charge in [-0.3, -0.25) is 14.6 Å². The van der Waals surface area contributed by atoms with Crippen LogP contribution in [0.15, 0.2) is 29.1 Å². The zero-order valence-corrected chi connectivity index (χ0v) is 17.6. The predicted octanol–water partition coefficient (Wildman–Crippen LogP) is 2.69. The summed E-state index contributed by atoms with van der Waals surface area (Å²) < 4.78 is 5.17. The van der Waals surface area contributed by atoms with E-state index in [0.717, 1.165) is 80.6 Å². The van der Waals surface area contributed by atoms with E-state index >= 15 is 0 Å². The SMILES string of the molecule is COc1ccc(CCC(=O)N2CCC(Nc3nc4c(c(=O)[nH]3)CCCC4)CC2)cc1. The number of nitrogens with one attached hydrogen (secondary N) is 2. The molecule has 1 aromatic carbocycles. The largest absolute Gasteiger partial charge is 0.497 e. The first-order chi connectivity index (χ1) is 14.6. The Balaban J connectivity index is 1.26. The van der Waals surface area contributed by atoms with Crippen LogP contribution in [0.1, 0.15) is 48.9 Å². The van der Waals surface area contributed by atoms with Crippen molar-refractivity contribution in [3.05, 3.63) is 51.4 Å². The lowest BCUT2D eigenvalue weighted by molar-refractivity contribution is -0.132. The lowest BCUT2D eigenvalue weighted by atomic mass is 9.97. The summed E-state index contributed by atoms with van der Waals surface area (Å²) in [4.78, 5) is 34.4. The standard InChI is InChI=1S/C23H30N4O3/c1-30-18-9-6-16(7-10-18)8-11-21(28)27-14-12-17(13-15-27)24-23-25-20-5-3-2-4-19(20)22(29)26-23/h6-7,9-10,17H,2-5,8,11-15H2,1H3,(H2,24,25,26,29). The van der Waals surface area contributed by atoms with Gasteiger partial charge in [-0.2, -0.15) is 0 Å². The molecule has 1 amide bonds. The van der Waals surface area contributed by atoms with Crippen molar-refractivity contribution in [3.8, 4) is 5.75 Å². The molecule has 1 aliphatic heterocycles. The van der Waals surface area contributed by atoms with Gasteiger partial charge >= 0.3 is 0 Å². The van der Waals surface area contributed by atoms with Gasteiger partial charge in [0.05, 0.1) is 12.8 Å². The number of nitrogens with zero attached hydrogens (tertiary/aromatic N) is 2. The first kappa shape index (κ1) is 20.4. The molecule has 1 saturated heterocycles. The fourth-order valence-electron chi connectivity index (χ4n) is 4.34. The number of H-pyrrole nitrogens is 1. The molecule has 2 heterocycles. The molecule has 0 atom stereocenters. The Morgan fingerprint density at radius 3 is 2.67 bits per heavy atom. The Kier molecular flexibility index (Phi) is 6.35. The number of rotatable bonds is 6. The summed E-state index contributed by atoms with van der Waals surface area (Å²) in [7, 11) is 1.65. The Morgan fingerprint density at radius 2 is 1.93 bits per heavy atom. The Labute approximate surface area is 176 Å². The van der Waals surface area contributed by atoms with E-state index < -0.39 is 0 Å². The summed E-state index contributed by atoms with van der Waals surface area (Å²) in [5.74, 6) is 1.60. The third-order valence-electron chi connectivity index (χ3n) is 6.17. The summed E-state index contributed by atoms with van der Waals surface area (Å²) in [6.45, 7) is 1.46. The van der Waals surface area contributed by atoms with Crippen molar-refractivity contribution >= 4 is 11.9 Å². The number of carbonyl (C=O) groups excluding carboxylic acids is 1. The molecule has 1 fully saturated rings. The molecule has 0 unspecified atom stereocenters. The normalized spacial score (nSPS) is 16.8. The van der Waals surface area contributed by atoms with E-state index in [-0.39, 0.29) is 17.5 Å². The highest BCUT2D eigenvalue weighted by molar-refractivity contribution is 5.76. The van der Waals surface area contributed by atoms with E-state index in [4.69, 9.17) is 4.74 Å². The number of aryl methyl sites for hydroxylation is 2. The highest BCUT2D eigenvalue weighted by atomic mass is 16.5. The molecule has 7 nitrogen and oxygen atoms in total. The zero-order valence-electron chi connectivity index (χ0n) is 17.6. The smallest absolute Gasteiger partial charge is 0.255 e. The molecule has 2 N–H and O–H groups in total. The van der Waals surface area contributed by atoms with Gasteiger partial charge < -0.3 is 15.0 Å². The number of hydrogen-bond acceptors (Lipinski definition) is 5. The lowest BCUT2D eigenvalue weighted by Crippen LogP contribution is -2.43. The number of methoxy groups -OCH3 is 1. The highest BCUT2D eigenvalue weighted by Gasteiger charge is 2.24. The summed E-state index contributed by atoms with van der Waals surface area (Å²) >= 11 is 0. The van der Waals surface area contributed by atoms with Gasteiger partial charge in [0.15, 0.2) is 0 Å². The number of aromatic nitrogens is 2. The molecule has 0 bridgehead atoms. The molecule has 1 aromatic heterocycles. The highest BCUT2D eigenvalue weighted by Crippen LogP contribution is 2.19. The molecule has 160 valence electrons. The molecule has 2 aromatic rings. The second kappa shape index (κ2) is 9.32. The number of hydrogen-bond donors (Lipinski definition) is 2. The Morgan fingerprint density at radius 1 is 1.20 bits per heavy atom. The van der Waals surface area contributed by atoms with E-state index in [1.807, 2.05) is 29.2 Å². The molecule has 30 heavy (non-hydrogen) atoms. The van der Waals surface area contributed by atoms with Gasteiger partial charge in [-0.15, -0.1) is 0 Å². The first-order valence-electron chi connectivity index (χ1n) is 10.9. The van der Waals surface area contributed by atoms with Gasteiger partial charge in [0.1, 0.15) is 5.75 Å². The Hall–Kier alpha value is -2.83. The molecule has 0 radical (unpaired) electrons. The number of ether oxygens (including phenoxy) is 1. The number of piperidine rings is 1. The quantitative estimate of drug-likeness (QED) is 0.765. The van der Waals surface area contributed by atoms with E-state index in [9.17, 15) is 9.59 Å². The molecule has 2 aliphatic rings. The van der Waals surface area contributed by atoms with E-state index in [1.165, 1.54) is 0 Å². The molecule has 0 spiro atoms. The van der Waals surface area contributed by atoms with E-state index in [0.29, 0.717) is 12.4 Å². The maximum absolute atomic E-state index is 12.6. The van der Waals surface area contributed by atoms with Crippen molar-refractivity contribution in [2.24, 2.45) is 0 Å². The minimum absolute atomic E-state index is 0.00616. The topological polar surface area (TPSA) is 87.3 Å². The van der Waals surface area contributed by atoms with Crippen molar-refractivity contribution < 1.29 is 9.53 Å². The third kappa shape index (κ3) is 4.83. The number of amides is 1. The minimum atomic E-state index is -0.00616. The van der Waals surface area contributed by atoms with Crippen molar-refractivity contribution in [2.45, 2.75) is 57.4 Å². The fourth-order valence-corrected chi connectivity index (χ4v) is 4.34. The van der Waals surface area contributed by atoms with Crippen LogP contribution in [-0.2, 0) is 24.1 Å². The predicted molar refractivity (Wildman–Crippen MR) is 116 cm³/mol. The summed E-state index contributed by atoms with van der Waals surface area (Å²) in [6.07, 6.45) is 6.84. The van der Waals surface area contributed by atoms with E-state index in [2.05, 4.69) is 15.3 Å². The van der Waals surface area contributed by atoms with Crippen molar-refractivity contribution in [3.63, 3.8) is 0 Å². The third-order valence-corrected chi connectivity index (χ3v) is 6.17. The average Bonchev–Trinajstić information content (AvgIpc) is 2.78. The van der Waals surface area contributed by atoms with Crippen molar-refractivity contribution in [1.29, 1.82) is 0 Å². The maximum Gasteiger partial charge on any atom is 0.255 e. The maximum atomic E-state index is 12.6. The van der Waals surface area contributed by atoms with Crippen LogP contribution in [0, 0.1) is 0 Å². The fraction of sp³-hybridized carbons (Fsp3) is 0.522. The summed E-state index contributed by atoms with van der Waals surface area (Å²) in [5, 5.41) is 3.38. The lowest BCUT2D eigenvalue weighted by Gasteiger charge is -2.32. The molecule has 0 saturated carbocycles. The van der Waals surface area contributed by atoms with Gasteiger partial charge in [0.25, 0.3) is 5.56 Å². The number of anilines is 1. The molecule has 1 aliphatic carbocycles. The van der Waals surface area contributed by atoms with Gasteiger partial charge in [-0.25, -0.2) is 4.98 Å². The number of benzene rings is 1. The Bertz CT molecular complexity index is 930. The van der Waals surface area contributed by atoms with Crippen molar-refractivity contribution in [2.75, 3.05) is 25.5 Å². The number of likely N-dealkylation sites (tertiary alicyclic amines) is 1. The van der Waals surface area contributed by atoms with Crippen LogP contribution in [0.5, 0.6) is 5.75 Å². The summed E-state index contributed by atoms with van der Waals surface area (Å²) in [5.41, 5.74) is 2.93. The second-order valence-electron chi connectivity index (χ2n) is 8.19. The molecule has 4 rings (SSSR count). The van der Waals surface area contributed by atoms with Crippen LogP contribution in [0.2, 0.25) is 0 Å². The van der Waals surface area contributed by atoms with Crippen molar-refractivity contribution in [1.82, 2.24) is 14.9 Å². The van der Waals surface area contributed by atoms with Crippen LogP contribution in [0.25, 0.3) is 0 Å². The van der Waals surface area contributed by atoms with Gasteiger partial charge in [-0.05, 0) is 62.6 Å². The van der Waals surface area contributed by atoms with Crippen LogP contribution in [-0.4, -0.2) is 47.0 Å². The van der Waals surface area contributed by atoms with Crippen LogP contribution in [0.3, 0.4) is 0 Å². The molecule has 7 heteroatoms. The van der Waals surface area contributed by atoms with Crippen LogP contribution < -0.4 is 15.6 Å². The summed E-state index contributed by atoms with van der Waals surface area (Å²) in [6, 6.07) is 8.09. The average molecular weight is 411 g/mol.